The molecule has 1 aliphatic rings. The standard InChI is InChI=1S/C20H23F6N3O6/c21-19(22,23)12-3-6-14(7-4-12)33-11-17(31)27-13-5-8-15(34-10-13)18(32)29-28-16(30)2-1-9-35-20(24,25)26/h3-4,6-7,13,15H,1-2,5,8-11H2,(H,27,31)(H,28,30)(H,29,32)/t13-,15+/m0/s1. The molecule has 196 valence electrons. The van der Waals surface area contributed by atoms with Crippen molar-refractivity contribution in [3.63, 3.8) is 0 Å². The van der Waals surface area contributed by atoms with Crippen LogP contribution in [-0.4, -0.2) is 56.1 Å². The Hall–Kier alpha value is -3.07. The maximum Gasteiger partial charge on any atom is 0.522 e. The number of halogens is 6. The third kappa shape index (κ3) is 10.8. The summed E-state index contributed by atoms with van der Waals surface area (Å²) in [5, 5.41) is 2.61. The zero-order chi connectivity index (χ0) is 26.1. The van der Waals surface area contributed by atoms with Gasteiger partial charge in [0.05, 0.1) is 24.8 Å². The third-order valence-corrected chi connectivity index (χ3v) is 4.62. The lowest BCUT2D eigenvalue weighted by atomic mass is 10.0. The van der Waals surface area contributed by atoms with Gasteiger partial charge in [0, 0.05) is 6.42 Å². The minimum absolute atomic E-state index is 0.0210. The summed E-state index contributed by atoms with van der Waals surface area (Å²) in [5.74, 6) is -1.83. The van der Waals surface area contributed by atoms with Crippen LogP contribution in [0, 0.1) is 0 Å². The van der Waals surface area contributed by atoms with Gasteiger partial charge in [-0.2, -0.15) is 13.2 Å². The van der Waals surface area contributed by atoms with Gasteiger partial charge < -0.3 is 14.8 Å². The van der Waals surface area contributed by atoms with Crippen LogP contribution in [-0.2, 0) is 30.0 Å². The fraction of sp³-hybridized carbons (Fsp3) is 0.550. The SMILES string of the molecule is O=C(CCCOC(F)(F)F)NNC(=O)[C@H]1CC[C@H](NC(=O)COc2ccc(C(F)(F)F)cc2)CO1. The molecular formula is C20H23F6N3O6. The number of carbonyl (C=O) groups excluding carboxylic acids is 3. The van der Waals surface area contributed by atoms with E-state index < -0.39 is 61.2 Å². The molecular weight excluding hydrogens is 492 g/mol. The molecule has 3 amide bonds. The number of rotatable bonds is 9. The van der Waals surface area contributed by atoms with E-state index >= 15 is 0 Å². The summed E-state index contributed by atoms with van der Waals surface area (Å²) in [7, 11) is 0. The average molecular weight is 515 g/mol. The highest BCUT2D eigenvalue weighted by molar-refractivity contribution is 5.84. The Morgan fingerprint density at radius 3 is 2.23 bits per heavy atom. The van der Waals surface area contributed by atoms with Crippen LogP contribution in [0.4, 0.5) is 26.3 Å². The summed E-state index contributed by atoms with van der Waals surface area (Å²) >= 11 is 0. The molecule has 0 spiro atoms. The molecule has 1 fully saturated rings. The van der Waals surface area contributed by atoms with Crippen molar-refractivity contribution in [2.75, 3.05) is 19.8 Å². The van der Waals surface area contributed by atoms with Gasteiger partial charge in [-0.3, -0.25) is 30.0 Å². The second-order valence-electron chi connectivity index (χ2n) is 7.41. The maximum atomic E-state index is 12.5. The predicted octanol–water partition coefficient (Wildman–Crippen LogP) is 2.21. The summed E-state index contributed by atoms with van der Waals surface area (Å²) in [6.45, 7) is -1.16. The van der Waals surface area contributed by atoms with Crippen molar-refractivity contribution in [2.24, 2.45) is 0 Å². The van der Waals surface area contributed by atoms with E-state index in [0.29, 0.717) is 6.42 Å². The Balaban J connectivity index is 1.61. The highest BCUT2D eigenvalue weighted by Gasteiger charge is 2.31. The highest BCUT2D eigenvalue weighted by Crippen LogP contribution is 2.30. The molecule has 2 atom stereocenters. The normalized spacial score (nSPS) is 18.5. The van der Waals surface area contributed by atoms with Crippen molar-refractivity contribution in [3.8, 4) is 5.75 Å². The van der Waals surface area contributed by atoms with Crippen LogP contribution in [0.2, 0.25) is 0 Å². The van der Waals surface area contributed by atoms with E-state index in [9.17, 15) is 40.7 Å². The van der Waals surface area contributed by atoms with Crippen LogP contribution in [0.5, 0.6) is 5.75 Å². The number of hydrogen-bond acceptors (Lipinski definition) is 6. The van der Waals surface area contributed by atoms with Crippen molar-refractivity contribution >= 4 is 17.7 Å². The van der Waals surface area contributed by atoms with E-state index in [1.165, 1.54) is 0 Å². The predicted molar refractivity (Wildman–Crippen MR) is 105 cm³/mol. The second kappa shape index (κ2) is 12.6. The van der Waals surface area contributed by atoms with Crippen LogP contribution in [0.1, 0.15) is 31.2 Å². The highest BCUT2D eigenvalue weighted by atomic mass is 19.4. The van der Waals surface area contributed by atoms with Gasteiger partial charge in [-0.15, -0.1) is 13.2 Å². The first-order valence-corrected chi connectivity index (χ1v) is 10.3. The summed E-state index contributed by atoms with van der Waals surface area (Å²) < 4.78 is 87.2. The molecule has 2 rings (SSSR count). The van der Waals surface area contributed by atoms with Gasteiger partial charge in [0.2, 0.25) is 5.91 Å². The number of ether oxygens (including phenoxy) is 3. The van der Waals surface area contributed by atoms with Gasteiger partial charge in [0.15, 0.2) is 6.61 Å². The molecule has 35 heavy (non-hydrogen) atoms. The van der Waals surface area contributed by atoms with Crippen LogP contribution in [0.15, 0.2) is 24.3 Å². The van der Waals surface area contributed by atoms with E-state index in [4.69, 9.17) is 9.47 Å². The third-order valence-electron chi connectivity index (χ3n) is 4.62. The van der Waals surface area contributed by atoms with Crippen molar-refractivity contribution in [1.82, 2.24) is 16.2 Å². The van der Waals surface area contributed by atoms with Gasteiger partial charge in [-0.05, 0) is 43.5 Å². The number of alkyl halides is 6. The topological polar surface area (TPSA) is 115 Å². The van der Waals surface area contributed by atoms with Gasteiger partial charge in [0.25, 0.3) is 11.8 Å². The summed E-state index contributed by atoms with van der Waals surface area (Å²) in [4.78, 5) is 35.6. The molecule has 0 bridgehead atoms. The first-order chi connectivity index (χ1) is 16.3. The van der Waals surface area contributed by atoms with Gasteiger partial charge in [0.1, 0.15) is 11.9 Å². The molecule has 0 aliphatic carbocycles. The monoisotopic (exact) mass is 515 g/mol. The van der Waals surface area contributed by atoms with E-state index in [0.717, 1.165) is 24.3 Å². The Labute approximate surface area is 195 Å². The first-order valence-electron chi connectivity index (χ1n) is 10.3. The Morgan fingerprint density at radius 1 is 0.971 bits per heavy atom. The fourth-order valence-corrected chi connectivity index (χ4v) is 2.93. The second-order valence-corrected chi connectivity index (χ2v) is 7.41. The first kappa shape index (κ1) is 28.2. The average Bonchev–Trinajstić information content (AvgIpc) is 2.78. The Bertz CT molecular complexity index is 854. The number of hydrazine groups is 1. The molecule has 1 heterocycles. The molecule has 15 heteroatoms. The smallest absolute Gasteiger partial charge is 0.484 e. The number of carbonyl (C=O) groups is 3. The number of nitrogens with one attached hydrogen (secondary N) is 3. The Morgan fingerprint density at radius 2 is 1.66 bits per heavy atom. The van der Waals surface area contributed by atoms with Crippen LogP contribution >= 0.6 is 0 Å². The minimum atomic E-state index is -4.78. The minimum Gasteiger partial charge on any atom is -0.484 e. The fourth-order valence-electron chi connectivity index (χ4n) is 2.93. The molecule has 0 saturated carbocycles. The van der Waals surface area contributed by atoms with Crippen LogP contribution in [0.3, 0.4) is 0 Å². The number of hydrogen-bond donors (Lipinski definition) is 3. The largest absolute Gasteiger partial charge is 0.522 e. The van der Waals surface area contributed by atoms with Crippen LogP contribution < -0.4 is 20.9 Å². The van der Waals surface area contributed by atoms with E-state index in [1.54, 1.807) is 0 Å². The number of benzene rings is 1. The number of amides is 3. The summed E-state index contributed by atoms with van der Waals surface area (Å²) in [5.41, 5.74) is 3.33. The molecule has 1 aromatic rings. The lowest BCUT2D eigenvalue weighted by molar-refractivity contribution is -0.324. The van der Waals surface area contributed by atoms with Gasteiger partial charge in [-0.25, -0.2) is 0 Å². The lowest BCUT2D eigenvalue weighted by Crippen LogP contribution is -2.51. The molecule has 0 unspecified atom stereocenters. The molecule has 1 saturated heterocycles. The zero-order valence-electron chi connectivity index (χ0n) is 18.1. The van der Waals surface area contributed by atoms with E-state index in [2.05, 4.69) is 20.9 Å². The van der Waals surface area contributed by atoms with E-state index in [-0.39, 0.29) is 31.6 Å². The quantitative estimate of drug-likeness (QED) is 0.264. The van der Waals surface area contributed by atoms with Crippen LogP contribution in [0.25, 0.3) is 0 Å². The van der Waals surface area contributed by atoms with Gasteiger partial charge >= 0.3 is 12.5 Å². The maximum absolute atomic E-state index is 12.5. The lowest BCUT2D eigenvalue weighted by Gasteiger charge is -2.28. The summed E-state index contributed by atoms with van der Waals surface area (Å²) in [6, 6.07) is 3.41. The molecule has 0 radical (unpaired) electrons. The molecule has 9 nitrogen and oxygen atoms in total. The van der Waals surface area contributed by atoms with Crippen molar-refractivity contribution in [1.29, 1.82) is 0 Å². The van der Waals surface area contributed by atoms with E-state index in [1.807, 2.05) is 0 Å². The zero-order valence-corrected chi connectivity index (χ0v) is 18.1. The Kier molecular flexibility index (Phi) is 10.1. The summed E-state index contributed by atoms with van der Waals surface area (Å²) in [6.07, 6.45) is -10.1. The molecule has 0 aromatic heterocycles. The molecule has 3 N–H and O–H groups in total. The van der Waals surface area contributed by atoms with Crippen molar-refractivity contribution in [3.05, 3.63) is 29.8 Å². The molecule has 1 aliphatic heterocycles. The van der Waals surface area contributed by atoms with Crippen molar-refractivity contribution < 1.29 is 54.9 Å². The van der Waals surface area contributed by atoms with Gasteiger partial charge in [-0.1, -0.05) is 0 Å². The molecule has 1 aromatic carbocycles. The van der Waals surface area contributed by atoms with Crippen molar-refractivity contribution in [2.45, 2.75) is 50.4 Å².